The number of nitrogens with zero attached hydrogens (tertiary/aromatic N) is 4. The van der Waals surface area contributed by atoms with Gasteiger partial charge in [0.05, 0.1) is 15.9 Å². The number of fused-ring (bicyclic) bond motifs is 1. The summed E-state index contributed by atoms with van der Waals surface area (Å²) in [4.78, 5) is 25.8. The lowest BCUT2D eigenvalue weighted by Crippen LogP contribution is -2.13. The highest BCUT2D eigenvalue weighted by Gasteiger charge is 2.14. The average Bonchev–Trinajstić information content (AvgIpc) is 3.46. The fourth-order valence-electron chi connectivity index (χ4n) is 3.15. The zero-order valence-corrected chi connectivity index (χ0v) is 17.2. The molecule has 2 aromatic carbocycles. The van der Waals surface area contributed by atoms with Crippen LogP contribution in [0.15, 0.2) is 77.4 Å². The molecule has 1 N–H and O–H groups in total. The summed E-state index contributed by atoms with van der Waals surface area (Å²) in [6, 6.07) is 21.1. The van der Waals surface area contributed by atoms with E-state index >= 15 is 0 Å². The molecule has 5 rings (SSSR count). The molecule has 152 valence electrons. The Morgan fingerprint density at radius 1 is 0.968 bits per heavy atom. The molecule has 1 amide bonds. The Hall–Kier alpha value is -3.91. The smallest absolute Gasteiger partial charge is 0.227 e. The van der Waals surface area contributed by atoms with Crippen molar-refractivity contribution in [3.05, 3.63) is 78.8 Å². The van der Waals surface area contributed by atoms with Crippen LogP contribution in [0.3, 0.4) is 0 Å². The second-order valence-corrected chi connectivity index (χ2v) is 7.84. The molecule has 0 bridgehead atoms. The number of aryl methyl sites for hydroxylation is 1. The van der Waals surface area contributed by atoms with Gasteiger partial charge in [0.15, 0.2) is 0 Å². The summed E-state index contributed by atoms with van der Waals surface area (Å²) in [5.41, 5.74) is 3.20. The van der Waals surface area contributed by atoms with Crippen molar-refractivity contribution in [2.75, 3.05) is 5.32 Å². The molecule has 8 heteroatoms. The van der Waals surface area contributed by atoms with Crippen molar-refractivity contribution in [1.29, 1.82) is 0 Å². The van der Waals surface area contributed by atoms with Crippen LogP contribution in [0.5, 0.6) is 0 Å². The van der Waals surface area contributed by atoms with Crippen LogP contribution in [0.25, 0.3) is 32.3 Å². The van der Waals surface area contributed by atoms with Crippen LogP contribution in [-0.2, 0) is 11.2 Å². The van der Waals surface area contributed by atoms with Crippen molar-refractivity contribution in [2.45, 2.75) is 12.8 Å². The molecule has 0 aliphatic carbocycles. The monoisotopic (exact) mass is 427 g/mol. The number of nitrogens with one attached hydrogen (secondary N) is 1. The van der Waals surface area contributed by atoms with Crippen molar-refractivity contribution < 1.29 is 9.32 Å². The topological polar surface area (TPSA) is 93.8 Å². The van der Waals surface area contributed by atoms with E-state index in [2.05, 4.69) is 20.4 Å². The Morgan fingerprint density at radius 3 is 2.68 bits per heavy atom. The van der Waals surface area contributed by atoms with Gasteiger partial charge in [-0.25, -0.2) is 4.98 Å². The number of carbonyl (C=O) groups excluding carboxylic acids is 1. The molecule has 0 aliphatic rings. The summed E-state index contributed by atoms with van der Waals surface area (Å²) in [5.74, 6) is 0.679. The summed E-state index contributed by atoms with van der Waals surface area (Å²) in [6.45, 7) is 0. The van der Waals surface area contributed by atoms with Gasteiger partial charge < -0.3 is 9.84 Å². The highest BCUT2D eigenvalue weighted by molar-refractivity contribution is 7.21. The number of benzene rings is 2. The normalized spacial score (nSPS) is 11.0. The van der Waals surface area contributed by atoms with Gasteiger partial charge in [-0.3, -0.25) is 9.78 Å². The molecular weight excluding hydrogens is 410 g/mol. The third kappa shape index (κ3) is 4.19. The van der Waals surface area contributed by atoms with E-state index in [-0.39, 0.29) is 12.3 Å². The van der Waals surface area contributed by atoms with Gasteiger partial charge in [0, 0.05) is 24.6 Å². The summed E-state index contributed by atoms with van der Waals surface area (Å²) >= 11 is 1.60. The van der Waals surface area contributed by atoms with E-state index in [0.717, 1.165) is 26.5 Å². The lowest BCUT2D eigenvalue weighted by molar-refractivity contribution is -0.116. The number of anilines is 1. The van der Waals surface area contributed by atoms with Crippen molar-refractivity contribution in [3.8, 4) is 22.1 Å². The van der Waals surface area contributed by atoms with Gasteiger partial charge in [-0.15, -0.1) is 11.3 Å². The van der Waals surface area contributed by atoms with Crippen molar-refractivity contribution in [2.24, 2.45) is 0 Å². The molecule has 31 heavy (non-hydrogen) atoms. The fraction of sp³-hybridized carbons (Fsp3) is 0.0870. The van der Waals surface area contributed by atoms with Gasteiger partial charge in [-0.1, -0.05) is 35.5 Å². The molecule has 5 aromatic rings. The molecule has 0 saturated carbocycles. The lowest BCUT2D eigenvalue weighted by Gasteiger charge is -2.08. The first-order valence-electron chi connectivity index (χ1n) is 9.75. The summed E-state index contributed by atoms with van der Waals surface area (Å²) in [5, 5.41) is 7.79. The summed E-state index contributed by atoms with van der Waals surface area (Å²) in [7, 11) is 0. The minimum absolute atomic E-state index is 0.133. The Labute approximate surface area is 181 Å². The number of rotatable bonds is 6. The van der Waals surface area contributed by atoms with Crippen molar-refractivity contribution >= 4 is 33.1 Å². The number of pyridine rings is 1. The maximum atomic E-state index is 12.6. The Bertz CT molecular complexity index is 1310. The molecule has 3 aromatic heterocycles. The highest BCUT2D eigenvalue weighted by atomic mass is 32.1. The zero-order chi connectivity index (χ0) is 21.0. The third-order valence-electron chi connectivity index (χ3n) is 4.65. The Morgan fingerprint density at radius 2 is 1.81 bits per heavy atom. The molecule has 0 unspecified atom stereocenters. The lowest BCUT2D eigenvalue weighted by atomic mass is 10.1. The predicted octanol–water partition coefficient (Wildman–Crippen LogP) is 4.98. The molecule has 0 aliphatic heterocycles. The fourth-order valence-corrected chi connectivity index (χ4v) is 4.16. The Balaban J connectivity index is 1.28. The second-order valence-electron chi connectivity index (χ2n) is 6.81. The van der Waals surface area contributed by atoms with Crippen LogP contribution < -0.4 is 5.32 Å². The van der Waals surface area contributed by atoms with Crippen LogP contribution in [0.4, 0.5) is 5.69 Å². The first-order chi connectivity index (χ1) is 15.3. The maximum absolute atomic E-state index is 12.6. The zero-order valence-electron chi connectivity index (χ0n) is 16.4. The SMILES string of the molecule is O=C(CCc1nc(-c2ccccn2)no1)Nc1ccccc1-c1nc2ccccc2s1. The molecule has 3 heterocycles. The quantitative estimate of drug-likeness (QED) is 0.411. The van der Waals surface area contributed by atoms with Crippen LogP contribution in [0.2, 0.25) is 0 Å². The van der Waals surface area contributed by atoms with Crippen molar-refractivity contribution in [1.82, 2.24) is 20.1 Å². The largest absolute Gasteiger partial charge is 0.339 e. The van der Waals surface area contributed by atoms with Crippen LogP contribution in [0, 0.1) is 0 Å². The number of para-hydroxylation sites is 2. The number of carbonyl (C=O) groups is 1. The molecule has 7 nitrogen and oxygen atoms in total. The van der Waals surface area contributed by atoms with E-state index in [1.807, 2.05) is 60.7 Å². The first-order valence-corrected chi connectivity index (χ1v) is 10.6. The number of thiazole rings is 1. The first kappa shape index (κ1) is 19.1. The van der Waals surface area contributed by atoms with E-state index in [1.54, 1.807) is 23.6 Å². The van der Waals surface area contributed by atoms with Gasteiger partial charge >= 0.3 is 0 Å². The predicted molar refractivity (Wildman–Crippen MR) is 120 cm³/mol. The van der Waals surface area contributed by atoms with E-state index in [4.69, 9.17) is 9.51 Å². The Kier molecular flexibility index (Phi) is 5.20. The number of hydrogen-bond donors (Lipinski definition) is 1. The minimum Gasteiger partial charge on any atom is -0.339 e. The van der Waals surface area contributed by atoms with Gasteiger partial charge in [-0.2, -0.15) is 4.98 Å². The standard InChI is InChI=1S/C23H17N5O2S/c29-20(12-13-21-27-22(28-30-21)18-10-5-6-14-24-18)25-16-8-2-1-7-15(16)23-26-17-9-3-4-11-19(17)31-23/h1-11,14H,12-13H2,(H,25,29). The maximum Gasteiger partial charge on any atom is 0.227 e. The average molecular weight is 427 g/mol. The third-order valence-corrected chi connectivity index (χ3v) is 5.72. The number of amides is 1. The van der Waals surface area contributed by atoms with Gasteiger partial charge in [0.2, 0.25) is 17.6 Å². The van der Waals surface area contributed by atoms with Crippen LogP contribution >= 0.6 is 11.3 Å². The van der Waals surface area contributed by atoms with Crippen molar-refractivity contribution in [3.63, 3.8) is 0 Å². The van der Waals surface area contributed by atoms with Crippen LogP contribution in [0.1, 0.15) is 12.3 Å². The number of aromatic nitrogens is 4. The molecule has 0 fully saturated rings. The molecule has 0 spiro atoms. The van der Waals surface area contributed by atoms with Gasteiger partial charge in [-0.05, 0) is 36.4 Å². The van der Waals surface area contributed by atoms with Gasteiger partial charge in [0.25, 0.3) is 0 Å². The van der Waals surface area contributed by atoms with E-state index in [1.165, 1.54) is 0 Å². The molecule has 0 atom stereocenters. The van der Waals surface area contributed by atoms with E-state index in [0.29, 0.717) is 23.8 Å². The van der Waals surface area contributed by atoms with Gasteiger partial charge in [0.1, 0.15) is 10.7 Å². The highest BCUT2D eigenvalue weighted by Crippen LogP contribution is 2.34. The summed E-state index contributed by atoms with van der Waals surface area (Å²) in [6.07, 6.45) is 2.23. The van der Waals surface area contributed by atoms with E-state index < -0.39 is 0 Å². The van der Waals surface area contributed by atoms with E-state index in [9.17, 15) is 4.79 Å². The molecular formula is C23H17N5O2S. The second kappa shape index (κ2) is 8.45. The summed E-state index contributed by atoms with van der Waals surface area (Å²) < 4.78 is 6.37. The minimum atomic E-state index is -0.133. The van der Waals surface area contributed by atoms with Crippen LogP contribution in [-0.4, -0.2) is 26.0 Å². The molecule has 0 radical (unpaired) electrons. The number of hydrogen-bond acceptors (Lipinski definition) is 7. The molecule has 0 saturated heterocycles.